The zero-order valence-electron chi connectivity index (χ0n) is 14.2. The average molecular weight is 331 g/mol. The molecule has 2 rings (SSSR count). The molecule has 7 nitrogen and oxygen atoms in total. The van der Waals surface area contributed by atoms with Crippen LogP contribution in [0.1, 0.15) is 51.7 Å². The number of carbonyl (C=O) groups excluding carboxylic acids is 1. The molecule has 24 heavy (non-hydrogen) atoms. The van der Waals surface area contributed by atoms with Gasteiger partial charge in [0.25, 0.3) is 5.91 Å². The number of aryl methyl sites for hydroxylation is 1. The van der Waals surface area contributed by atoms with Crippen LogP contribution in [0.4, 0.5) is 5.69 Å². The van der Waals surface area contributed by atoms with Gasteiger partial charge in [0.05, 0.1) is 23.4 Å². The molecule has 0 saturated heterocycles. The number of rotatable bonds is 6. The Hall–Kier alpha value is -2.67. The summed E-state index contributed by atoms with van der Waals surface area (Å²) in [4.78, 5) is 23.8. The number of nitrogens with one attached hydrogen (secondary N) is 1. The van der Waals surface area contributed by atoms with Gasteiger partial charge >= 0.3 is 5.97 Å². The van der Waals surface area contributed by atoms with E-state index < -0.39 is 5.97 Å². The van der Waals surface area contributed by atoms with Crippen LogP contribution in [0.15, 0.2) is 24.4 Å². The summed E-state index contributed by atoms with van der Waals surface area (Å²) in [6.07, 6.45) is 1.65. The van der Waals surface area contributed by atoms with Gasteiger partial charge in [-0.3, -0.25) is 9.48 Å². The monoisotopic (exact) mass is 331 g/mol. The summed E-state index contributed by atoms with van der Waals surface area (Å²) in [5, 5.41) is 16.3. The van der Waals surface area contributed by atoms with Gasteiger partial charge in [0.15, 0.2) is 0 Å². The summed E-state index contributed by atoms with van der Waals surface area (Å²) < 4.78 is 6.63. The fourth-order valence-electron chi connectivity index (χ4n) is 2.44. The number of aromatic nitrogens is 2. The second-order valence-corrected chi connectivity index (χ2v) is 5.87. The van der Waals surface area contributed by atoms with E-state index in [1.54, 1.807) is 24.0 Å². The van der Waals surface area contributed by atoms with Crippen LogP contribution in [0.3, 0.4) is 0 Å². The summed E-state index contributed by atoms with van der Waals surface area (Å²) in [5.74, 6) is -1.29. The predicted octanol–water partition coefficient (Wildman–Crippen LogP) is 2.64. The highest BCUT2D eigenvalue weighted by Gasteiger charge is 2.19. The maximum atomic E-state index is 12.6. The number of amides is 1. The highest BCUT2D eigenvalue weighted by atomic mass is 16.5. The lowest BCUT2D eigenvalue weighted by Crippen LogP contribution is -2.14. The lowest BCUT2D eigenvalue weighted by molar-refractivity contribution is 0.0696. The van der Waals surface area contributed by atoms with Crippen molar-refractivity contribution in [1.29, 1.82) is 0 Å². The van der Waals surface area contributed by atoms with Gasteiger partial charge in [-0.1, -0.05) is 13.8 Å². The highest BCUT2D eigenvalue weighted by molar-refractivity contribution is 6.05. The van der Waals surface area contributed by atoms with E-state index in [1.165, 1.54) is 19.2 Å². The Labute approximate surface area is 140 Å². The summed E-state index contributed by atoms with van der Waals surface area (Å²) in [5.41, 5.74) is 2.34. The summed E-state index contributed by atoms with van der Waals surface area (Å²) >= 11 is 0. The molecule has 0 aliphatic heterocycles. The Morgan fingerprint density at radius 3 is 2.62 bits per heavy atom. The third kappa shape index (κ3) is 3.99. The van der Waals surface area contributed by atoms with Crippen molar-refractivity contribution in [2.75, 3.05) is 12.4 Å². The van der Waals surface area contributed by atoms with E-state index in [9.17, 15) is 14.7 Å². The number of methoxy groups -OCH3 is 1. The first-order chi connectivity index (χ1) is 11.3. The molecule has 0 unspecified atom stereocenters. The van der Waals surface area contributed by atoms with Crippen molar-refractivity contribution in [1.82, 2.24) is 9.78 Å². The standard InChI is InChI=1S/C17H21N3O4/c1-10(2)15-14(8-20(3)19-15)16(21)18-13-6-11(9-24-4)5-12(7-13)17(22)23/h5-8,10H,9H2,1-4H3,(H,18,21)(H,22,23). The molecule has 0 aliphatic rings. The molecule has 0 atom stereocenters. The molecule has 2 aromatic rings. The zero-order valence-corrected chi connectivity index (χ0v) is 14.2. The zero-order chi connectivity index (χ0) is 17.9. The van der Waals surface area contributed by atoms with Crippen LogP contribution >= 0.6 is 0 Å². The van der Waals surface area contributed by atoms with Crippen molar-refractivity contribution >= 4 is 17.6 Å². The van der Waals surface area contributed by atoms with E-state index in [-0.39, 0.29) is 24.0 Å². The molecule has 1 amide bonds. The smallest absolute Gasteiger partial charge is 0.335 e. The maximum absolute atomic E-state index is 12.6. The Balaban J connectivity index is 2.33. The molecule has 0 spiro atoms. The molecule has 2 N–H and O–H groups in total. The van der Waals surface area contributed by atoms with Crippen molar-refractivity contribution in [3.63, 3.8) is 0 Å². The molecule has 1 aromatic carbocycles. The molecule has 0 saturated carbocycles. The Morgan fingerprint density at radius 2 is 2.04 bits per heavy atom. The molecule has 0 fully saturated rings. The van der Waals surface area contributed by atoms with Gasteiger partial charge in [-0.05, 0) is 29.7 Å². The second kappa shape index (κ2) is 7.27. The summed E-state index contributed by atoms with van der Waals surface area (Å²) in [6, 6.07) is 4.63. The van der Waals surface area contributed by atoms with Gasteiger partial charge in [0.2, 0.25) is 0 Å². The van der Waals surface area contributed by atoms with E-state index in [2.05, 4.69) is 10.4 Å². The van der Waals surface area contributed by atoms with Crippen LogP contribution in [0, 0.1) is 0 Å². The molecular formula is C17H21N3O4. The van der Waals surface area contributed by atoms with Gasteiger partial charge in [0, 0.05) is 26.0 Å². The number of aromatic carboxylic acids is 1. The van der Waals surface area contributed by atoms with Crippen molar-refractivity contribution in [2.45, 2.75) is 26.4 Å². The fourth-order valence-corrected chi connectivity index (χ4v) is 2.44. The van der Waals surface area contributed by atoms with E-state index in [0.717, 1.165) is 0 Å². The van der Waals surface area contributed by atoms with Crippen LogP contribution in [0.5, 0.6) is 0 Å². The van der Waals surface area contributed by atoms with Crippen molar-refractivity contribution < 1.29 is 19.4 Å². The van der Waals surface area contributed by atoms with Gasteiger partial charge < -0.3 is 15.2 Å². The van der Waals surface area contributed by atoms with Crippen LogP contribution < -0.4 is 5.32 Å². The van der Waals surface area contributed by atoms with Crippen molar-refractivity contribution in [3.8, 4) is 0 Å². The number of ether oxygens (including phenoxy) is 1. The first kappa shape index (κ1) is 17.7. The number of carboxylic acids is 1. The summed E-state index contributed by atoms with van der Waals surface area (Å²) in [6.45, 7) is 4.18. The molecule has 0 bridgehead atoms. The van der Waals surface area contributed by atoms with Crippen LogP contribution in [-0.2, 0) is 18.4 Å². The number of carboxylic acid groups (broad SMARTS) is 1. The number of hydrogen-bond donors (Lipinski definition) is 2. The number of nitrogens with zero attached hydrogens (tertiary/aromatic N) is 2. The molecule has 1 heterocycles. The minimum atomic E-state index is -1.06. The minimum absolute atomic E-state index is 0.0927. The first-order valence-electron chi connectivity index (χ1n) is 7.53. The minimum Gasteiger partial charge on any atom is -0.478 e. The van der Waals surface area contributed by atoms with E-state index in [0.29, 0.717) is 22.5 Å². The van der Waals surface area contributed by atoms with Gasteiger partial charge in [0.1, 0.15) is 0 Å². The Bertz CT molecular complexity index is 765. The fraction of sp³-hybridized carbons (Fsp3) is 0.353. The predicted molar refractivity (Wildman–Crippen MR) is 89.4 cm³/mol. The summed E-state index contributed by atoms with van der Waals surface area (Å²) in [7, 11) is 3.28. The van der Waals surface area contributed by atoms with Crippen LogP contribution in [-0.4, -0.2) is 33.9 Å². The first-order valence-corrected chi connectivity index (χ1v) is 7.53. The van der Waals surface area contributed by atoms with Crippen molar-refractivity contribution in [3.05, 3.63) is 46.8 Å². The second-order valence-electron chi connectivity index (χ2n) is 5.87. The third-order valence-electron chi connectivity index (χ3n) is 3.46. The van der Waals surface area contributed by atoms with Crippen LogP contribution in [0.2, 0.25) is 0 Å². The highest BCUT2D eigenvalue weighted by Crippen LogP contribution is 2.21. The van der Waals surface area contributed by atoms with Crippen LogP contribution in [0.25, 0.3) is 0 Å². The maximum Gasteiger partial charge on any atom is 0.335 e. The molecule has 7 heteroatoms. The number of carbonyl (C=O) groups is 2. The Kier molecular flexibility index (Phi) is 5.35. The van der Waals surface area contributed by atoms with Gasteiger partial charge in [-0.2, -0.15) is 5.10 Å². The molecule has 0 radical (unpaired) electrons. The normalized spacial score (nSPS) is 10.9. The number of hydrogen-bond acceptors (Lipinski definition) is 4. The van der Waals surface area contributed by atoms with Gasteiger partial charge in [-0.25, -0.2) is 4.79 Å². The number of anilines is 1. The topological polar surface area (TPSA) is 93.5 Å². The van der Waals surface area contributed by atoms with E-state index in [1.807, 2.05) is 13.8 Å². The van der Waals surface area contributed by atoms with Crippen molar-refractivity contribution in [2.24, 2.45) is 7.05 Å². The lowest BCUT2D eigenvalue weighted by atomic mass is 10.1. The Morgan fingerprint density at radius 1 is 1.33 bits per heavy atom. The largest absolute Gasteiger partial charge is 0.478 e. The molecule has 1 aromatic heterocycles. The third-order valence-corrected chi connectivity index (χ3v) is 3.46. The SMILES string of the molecule is COCc1cc(NC(=O)c2cn(C)nc2C(C)C)cc(C(=O)O)c1. The van der Waals surface area contributed by atoms with E-state index in [4.69, 9.17) is 4.74 Å². The van der Waals surface area contributed by atoms with Gasteiger partial charge in [-0.15, -0.1) is 0 Å². The molecule has 0 aliphatic carbocycles. The molecule has 128 valence electrons. The lowest BCUT2D eigenvalue weighted by Gasteiger charge is -2.10. The quantitative estimate of drug-likeness (QED) is 0.849. The average Bonchev–Trinajstić information content (AvgIpc) is 2.89. The number of benzene rings is 1. The molecular weight excluding hydrogens is 310 g/mol. The van der Waals surface area contributed by atoms with E-state index >= 15 is 0 Å².